The molecule has 0 amide bonds. The summed E-state index contributed by atoms with van der Waals surface area (Å²) in [5.41, 5.74) is 3.26. The maximum atomic E-state index is 4.49. The Bertz CT molecular complexity index is 677. The van der Waals surface area contributed by atoms with E-state index in [2.05, 4.69) is 42.2 Å². The zero-order chi connectivity index (χ0) is 11.7. The summed E-state index contributed by atoms with van der Waals surface area (Å²) in [6, 6.07) is 19.7. The van der Waals surface area contributed by atoms with Gasteiger partial charge in [-0.3, -0.25) is 0 Å². The third-order valence-electron chi connectivity index (χ3n) is 2.86. The van der Waals surface area contributed by atoms with E-state index in [1.54, 1.807) is 0 Å². The van der Waals surface area contributed by atoms with E-state index in [-0.39, 0.29) is 20.1 Å². The van der Waals surface area contributed by atoms with Crippen LogP contribution in [0.1, 0.15) is 5.56 Å². The van der Waals surface area contributed by atoms with Crippen molar-refractivity contribution in [1.29, 1.82) is 0 Å². The molecular formula is C16H12IrN-. The van der Waals surface area contributed by atoms with Gasteiger partial charge < -0.3 is 4.98 Å². The molecule has 0 saturated heterocycles. The number of hydrogen-bond donors (Lipinski definition) is 0. The first-order valence-corrected chi connectivity index (χ1v) is 5.66. The molecule has 0 atom stereocenters. The van der Waals surface area contributed by atoms with Gasteiger partial charge in [0.1, 0.15) is 0 Å². The van der Waals surface area contributed by atoms with Gasteiger partial charge in [0.25, 0.3) is 0 Å². The average Bonchev–Trinajstić information content (AvgIpc) is 2.38. The van der Waals surface area contributed by atoms with E-state index >= 15 is 0 Å². The second-order valence-corrected chi connectivity index (χ2v) is 4.20. The van der Waals surface area contributed by atoms with E-state index in [0.717, 1.165) is 11.3 Å². The molecule has 3 rings (SSSR count). The number of fused-ring (bicyclic) bond motifs is 1. The first kappa shape index (κ1) is 12.9. The fraction of sp³-hybridized carbons (Fsp3) is 0.0625. The molecule has 2 heteroatoms. The maximum absolute atomic E-state index is 4.49. The van der Waals surface area contributed by atoms with E-state index < -0.39 is 0 Å². The van der Waals surface area contributed by atoms with Gasteiger partial charge in [0.05, 0.1) is 0 Å². The van der Waals surface area contributed by atoms with Gasteiger partial charge in [-0.05, 0) is 16.5 Å². The van der Waals surface area contributed by atoms with Crippen molar-refractivity contribution in [3.05, 3.63) is 66.4 Å². The quantitative estimate of drug-likeness (QED) is 0.553. The van der Waals surface area contributed by atoms with E-state index in [9.17, 15) is 0 Å². The van der Waals surface area contributed by atoms with Crippen LogP contribution in [0.3, 0.4) is 0 Å². The summed E-state index contributed by atoms with van der Waals surface area (Å²) in [4.78, 5) is 4.49. The Balaban J connectivity index is 0.00000120. The summed E-state index contributed by atoms with van der Waals surface area (Å²) < 4.78 is 0. The first-order chi connectivity index (χ1) is 8.33. The molecule has 0 spiro atoms. The third kappa shape index (κ3) is 2.50. The van der Waals surface area contributed by atoms with Crippen molar-refractivity contribution in [2.45, 2.75) is 6.92 Å². The molecule has 0 aliphatic heterocycles. The minimum Gasteiger partial charge on any atom is -0.304 e. The zero-order valence-electron chi connectivity index (χ0n) is 9.98. The zero-order valence-corrected chi connectivity index (χ0v) is 12.4. The molecule has 0 aliphatic carbocycles. The Labute approximate surface area is 120 Å². The summed E-state index contributed by atoms with van der Waals surface area (Å²) in [7, 11) is 0. The van der Waals surface area contributed by atoms with Gasteiger partial charge in [-0.15, -0.1) is 35.4 Å². The molecule has 1 aromatic heterocycles. The van der Waals surface area contributed by atoms with Gasteiger partial charge in [0.2, 0.25) is 0 Å². The smallest absolute Gasteiger partial charge is 0.0239 e. The summed E-state index contributed by atoms with van der Waals surface area (Å²) in [6.45, 7) is 2.08. The van der Waals surface area contributed by atoms with Crippen LogP contribution >= 0.6 is 0 Å². The van der Waals surface area contributed by atoms with Gasteiger partial charge in [-0.25, -0.2) is 0 Å². The molecule has 0 fully saturated rings. The summed E-state index contributed by atoms with van der Waals surface area (Å²) >= 11 is 0. The number of rotatable bonds is 1. The van der Waals surface area contributed by atoms with E-state index in [1.165, 1.54) is 16.3 Å². The Morgan fingerprint density at radius 2 is 1.78 bits per heavy atom. The van der Waals surface area contributed by atoms with Crippen molar-refractivity contribution in [3.63, 3.8) is 0 Å². The second kappa shape index (κ2) is 5.43. The van der Waals surface area contributed by atoms with Crippen LogP contribution in [0.15, 0.2) is 54.7 Å². The summed E-state index contributed by atoms with van der Waals surface area (Å²) in [6.07, 6.45) is 1.92. The van der Waals surface area contributed by atoms with Gasteiger partial charge in [0, 0.05) is 26.3 Å². The van der Waals surface area contributed by atoms with Crippen molar-refractivity contribution in [2.75, 3.05) is 0 Å². The van der Waals surface area contributed by atoms with Crippen molar-refractivity contribution < 1.29 is 20.1 Å². The van der Waals surface area contributed by atoms with Gasteiger partial charge in [0.15, 0.2) is 0 Å². The standard InChI is InChI=1S/C16H12N.Ir/c1-12-5-4-8-14(9-12)16-10-13-6-2-3-7-15(13)11-17-16;/h2-7,9-11H,1H3;/q-1;. The fourth-order valence-corrected chi connectivity index (χ4v) is 1.96. The molecule has 1 nitrogen and oxygen atoms in total. The van der Waals surface area contributed by atoms with Gasteiger partial charge in [-0.2, -0.15) is 0 Å². The Morgan fingerprint density at radius 3 is 2.56 bits per heavy atom. The van der Waals surface area contributed by atoms with Crippen LogP contribution in [-0.4, -0.2) is 4.98 Å². The van der Waals surface area contributed by atoms with Crippen LogP contribution in [0, 0.1) is 13.0 Å². The van der Waals surface area contributed by atoms with E-state index in [4.69, 9.17) is 0 Å². The average molecular weight is 410 g/mol. The van der Waals surface area contributed by atoms with Crippen LogP contribution in [-0.2, 0) is 20.1 Å². The largest absolute Gasteiger partial charge is 0.304 e. The molecule has 0 bridgehead atoms. The fourth-order valence-electron chi connectivity index (χ4n) is 1.96. The second-order valence-electron chi connectivity index (χ2n) is 4.20. The molecule has 3 aromatic rings. The Morgan fingerprint density at radius 1 is 1.00 bits per heavy atom. The molecule has 1 heterocycles. The Hall–Kier alpha value is -1.50. The molecular weight excluding hydrogens is 398 g/mol. The predicted octanol–water partition coefficient (Wildman–Crippen LogP) is 4.01. The van der Waals surface area contributed by atoms with Crippen molar-refractivity contribution in [3.8, 4) is 11.3 Å². The number of benzene rings is 2. The number of nitrogens with zero attached hydrogens (tertiary/aromatic N) is 1. The third-order valence-corrected chi connectivity index (χ3v) is 2.86. The summed E-state index contributed by atoms with van der Waals surface area (Å²) in [5.74, 6) is 0. The minimum absolute atomic E-state index is 0. The van der Waals surface area contributed by atoms with E-state index in [0.29, 0.717) is 0 Å². The van der Waals surface area contributed by atoms with Crippen LogP contribution in [0.25, 0.3) is 22.0 Å². The van der Waals surface area contributed by atoms with E-state index in [1.807, 2.05) is 30.5 Å². The molecule has 18 heavy (non-hydrogen) atoms. The number of pyridine rings is 1. The first-order valence-electron chi connectivity index (χ1n) is 5.66. The minimum atomic E-state index is 0. The Kier molecular flexibility index (Phi) is 3.90. The van der Waals surface area contributed by atoms with Gasteiger partial charge >= 0.3 is 0 Å². The van der Waals surface area contributed by atoms with Crippen LogP contribution in [0.2, 0.25) is 0 Å². The number of aryl methyl sites for hydroxylation is 1. The number of aromatic nitrogens is 1. The molecule has 2 aromatic carbocycles. The molecule has 1 radical (unpaired) electrons. The van der Waals surface area contributed by atoms with Crippen molar-refractivity contribution >= 4 is 10.8 Å². The molecule has 91 valence electrons. The number of hydrogen-bond acceptors (Lipinski definition) is 1. The molecule has 0 aliphatic rings. The van der Waals surface area contributed by atoms with Crippen molar-refractivity contribution in [2.24, 2.45) is 0 Å². The van der Waals surface area contributed by atoms with Crippen molar-refractivity contribution in [1.82, 2.24) is 4.98 Å². The SMILES string of the molecule is Cc1cc[c-]c(-c2cc3ccccc3cn2)c1.[Ir]. The molecule has 0 saturated carbocycles. The topological polar surface area (TPSA) is 12.9 Å². The monoisotopic (exact) mass is 411 g/mol. The summed E-state index contributed by atoms with van der Waals surface area (Å²) in [5, 5.41) is 2.39. The molecule has 0 N–H and O–H groups in total. The molecule has 0 unspecified atom stereocenters. The van der Waals surface area contributed by atoms with Crippen LogP contribution in [0.4, 0.5) is 0 Å². The van der Waals surface area contributed by atoms with Crippen LogP contribution < -0.4 is 0 Å². The maximum Gasteiger partial charge on any atom is 0.0239 e. The predicted molar refractivity (Wildman–Crippen MR) is 70.8 cm³/mol. The van der Waals surface area contributed by atoms with Gasteiger partial charge in [-0.1, -0.05) is 37.3 Å². The normalized spacial score (nSPS) is 10.1. The van der Waals surface area contributed by atoms with Crippen LogP contribution in [0.5, 0.6) is 0 Å².